The third-order valence-electron chi connectivity index (χ3n) is 0.683. The number of ether oxygens (including phenoxy) is 2. The van der Waals surface area contributed by atoms with Crippen molar-refractivity contribution in [1.29, 1.82) is 0 Å². The molecule has 0 radical (unpaired) electrons. The number of hydrogen-bond donors (Lipinski definition) is 0. The van der Waals surface area contributed by atoms with Gasteiger partial charge in [0.15, 0.2) is 0 Å². The number of hydrogen-bond acceptors (Lipinski definition) is 4. The van der Waals surface area contributed by atoms with Crippen molar-refractivity contribution < 1.29 is 21.8 Å². The topological polar surface area (TPSA) is 65.0 Å². The van der Waals surface area contributed by atoms with Crippen LogP contribution in [0, 0.1) is 0 Å². The Kier molecular flexibility index (Phi) is 4.27. The van der Waals surface area contributed by atoms with E-state index in [9.17, 15) is 12.3 Å². The first-order chi connectivity index (χ1) is 5.49. The van der Waals surface area contributed by atoms with Crippen LogP contribution >= 0.6 is 0 Å². The van der Waals surface area contributed by atoms with Gasteiger partial charge in [0.05, 0.1) is 7.11 Å². The van der Waals surface area contributed by atoms with Crippen molar-refractivity contribution in [2.45, 2.75) is 0 Å². The molecule has 12 heavy (non-hydrogen) atoms. The average molecular weight is 197 g/mol. The minimum Gasteiger partial charge on any atom is -0.453 e. The van der Waals surface area contributed by atoms with Crippen LogP contribution in [0.15, 0.2) is 17.1 Å². The zero-order valence-electron chi connectivity index (χ0n) is 6.36. The highest BCUT2D eigenvalue weighted by atomic mass is 32.3. The molecular weight excluding hydrogens is 189 g/mol. The lowest BCUT2D eigenvalue weighted by atomic mass is 10.7. The fourth-order valence-electron chi connectivity index (χ4n) is 0.342. The van der Waals surface area contributed by atoms with Crippen LogP contribution in [0.1, 0.15) is 0 Å². The van der Waals surface area contributed by atoms with E-state index in [2.05, 4.69) is 20.5 Å². The summed E-state index contributed by atoms with van der Waals surface area (Å²) in [5, 5.41) is 0. The Morgan fingerprint density at radius 3 is 2.67 bits per heavy atom. The minimum absolute atomic E-state index is 0.0117. The Labute approximate surface area is 69.9 Å². The van der Waals surface area contributed by atoms with Gasteiger partial charge in [0.1, 0.15) is 6.61 Å². The van der Waals surface area contributed by atoms with Gasteiger partial charge in [0.2, 0.25) is 0 Å². The van der Waals surface area contributed by atoms with E-state index in [0.29, 0.717) is 0 Å². The van der Waals surface area contributed by atoms with Crippen LogP contribution < -0.4 is 0 Å². The van der Waals surface area contributed by atoms with E-state index in [4.69, 9.17) is 0 Å². The van der Waals surface area contributed by atoms with Gasteiger partial charge in [0.25, 0.3) is 0 Å². The van der Waals surface area contributed by atoms with Crippen molar-refractivity contribution in [3.05, 3.63) is 12.7 Å². The molecule has 0 fully saturated rings. The van der Waals surface area contributed by atoms with E-state index in [0.717, 1.165) is 7.11 Å². The predicted octanol–water partition coefficient (Wildman–Crippen LogP) is 0.406. The Morgan fingerprint density at radius 2 is 2.33 bits per heavy atom. The van der Waals surface area contributed by atoms with Crippen molar-refractivity contribution >= 4 is 16.5 Å². The van der Waals surface area contributed by atoms with E-state index in [1.165, 1.54) is 6.08 Å². The van der Waals surface area contributed by atoms with Gasteiger partial charge in [0, 0.05) is 0 Å². The van der Waals surface area contributed by atoms with Crippen molar-refractivity contribution in [1.82, 2.24) is 0 Å². The molecule has 0 aromatic rings. The lowest BCUT2D eigenvalue weighted by Gasteiger charge is -2.01. The molecule has 0 aromatic heterocycles. The first-order valence-corrected chi connectivity index (χ1v) is 4.16. The Balaban J connectivity index is 4.34. The molecule has 7 heteroatoms. The monoisotopic (exact) mass is 197 g/mol. The summed E-state index contributed by atoms with van der Waals surface area (Å²) in [5.74, 6) is 0. The Morgan fingerprint density at radius 1 is 1.75 bits per heavy atom. The van der Waals surface area contributed by atoms with Crippen molar-refractivity contribution in [3.63, 3.8) is 0 Å². The molecule has 0 rings (SSSR count). The van der Waals surface area contributed by atoms with Gasteiger partial charge in [-0.3, -0.25) is 0 Å². The second-order valence-corrected chi connectivity index (χ2v) is 2.58. The average Bonchev–Trinajstić information content (AvgIpc) is 1.95. The van der Waals surface area contributed by atoms with Gasteiger partial charge in [-0.25, -0.2) is 0 Å². The fourth-order valence-corrected chi connectivity index (χ4v) is 0.647. The van der Waals surface area contributed by atoms with Gasteiger partial charge in [-0.1, -0.05) is 20.9 Å². The second-order valence-electron chi connectivity index (χ2n) is 1.57. The standard InChI is InChI=1S/C5H8FNO4S/c1-3-4-11-5(10-2)7-12(6,8)9/h3H,1,4H2,2H3. The van der Waals surface area contributed by atoms with Crippen LogP contribution in [0.3, 0.4) is 0 Å². The molecule has 0 spiro atoms. The summed E-state index contributed by atoms with van der Waals surface area (Å²) in [6.07, 6.45) is 0.678. The van der Waals surface area contributed by atoms with E-state index in [-0.39, 0.29) is 6.61 Å². The van der Waals surface area contributed by atoms with Crippen molar-refractivity contribution in [2.75, 3.05) is 13.7 Å². The first-order valence-electron chi connectivity index (χ1n) is 2.82. The zero-order valence-corrected chi connectivity index (χ0v) is 7.17. The molecule has 0 amide bonds. The highest BCUT2D eigenvalue weighted by molar-refractivity contribution is 7.85. The van der Waals surface area contributed by atoms with Gasteiger partial charge in [-0.2, -0.15) is 8.42 Å². The first kappa shape index (κ1) is 10.9. The summed E-state index contributed by atoms with van der Waals surface area (Å²) in [4.78, 5) is 0. The Bertz CT molecular complexity index is 271. The molecule has 0 unspecified atom stereocenters. The summed E-state index contributed by atoms with van der Waals surface area (Å²) in [5.41, 5.74) is 0. The maximum absolute atomic E-state index is 11.9. The highest BCUT2D eigenvalue weighted by Crippen LogP contribution is 1.95. The second kappa shape index (κ2) is 4.70. The lowest BCUT2D eigenvalue weighted by molar-refractivity contribution is 0.220. The van der Waals surface area contributed by atoms with E-state index in [1.807, 2.05) is 0 Å². The molecule has 0 aliphatic carbocycles. The van der Waals surface area contributed by atoms with Crippen LogP contribution in [-0.2, 0) is 19.9 Å². The third-order valence-corrected chi connectivity index (χ3v) is 1.05. The van der Waals surface area contributed by atoms with Gasteiger partial charge in [-0.05, 0) is 0 Å². The molecule has 0 aliphatic rings. The van der Waals surface area contributed by atoms with E-state index >= 15 is 0 Å². The van der Waals surface area contributed by atoms with E-state index < -0.39 is 16.5 Å². The van der Waals surface area contributed by atoms with Crippen molar-refractivity contribution in [3.8, 4) is 0 Å². The third kappa shape index (κ3) is 5.66. The van der Waals surface area contributed by atoms with Crippen molar-refractivity contribution in [2.24, 2.45) is 4.40 Å². The molecular formula is C5H8FNO4S. The summed E-state index contributed by atoms with van der Waals surface area (Å²) < 4.78 is 43.0. The van der Waals surface area contributed by atoms with Crippen LogP contribution in [0.4, 0.5) is 3.89 Å². The lowest BCUT2D eigenvalue weighted by Crippen LogP contribution is -2.09. The van der Waals surface area contributed by atoms with Crippen LogP contribution in [-0.4, -0.2) is 28.2 Å². The molecule has 5 nitrogen and oxygen atoms in total. The molecule has 0 N–H and O–H groups in total. The summed E-state index contributed by atoms with van der Waals surface area (Å²) >= 11 is 0. The molecule has 0 saturated heterocycles. The smallest absolute Gasteiger partial charge is 0.423 e. The molecule has 70 valence electrons. The molecule has 0 bridgehead atoms. The number of methoxy groups -OCH3 is 1. The predicted molar refractivity (Wildman–Crippen MR) is 40.6 cm³/mol. The summed E-state index contributed by atoms with van der Waals surface area (Å²) in [6, 6.07) is 0. The molecule has 0 atom stereocenters. The van der Waals surface area contributed by atoms with Gasteiger partial charge < -0.3 is 9.47 Å². The number of halogens is 1. The van der Waals surface area contributed by atoms with Crippen LogP contribution in [0.5, 0.6) is 0 Å². The minimum atomic E-state index is -4.96. The van der Waals surface area contributed by atoms with E-state index in [1.54, 1.807) is 0 Å². The maximum Gasteiger partial charge on any atom is 0.423 e. The van der Waals surface area contributed by atoms with Gasteiger partial charge >= 0.3 is 16.5 Å². The highest BCUT2D eigenvalue weighted by Gasteiger charge is 2.08. The molecule has 0 heterocycles. The van der Waals surface area contributed by atoms with Gasteiger partial charge in [-0.15, -0.1) is 0 Å². The van der Waals surface area contributed by atoms with Crippen LogP contribution in [0.25, 0.3) is 0 Å². The normalized spacial score (nSPS) is 12.3. The molecule has 0 saturated carbocycles. The Hall–Kier alpha value is -1.11. The molecule has 0 aromatic carbocycles. The quantitative estimate of drug-likeness (QED) is 0.284. The molecule has 0 aliphatic heterocycles. The summed E-state index contributed by atoms with van der Waals surface area (Å²) in [7, 11) is -3.86. The maximum atomic E-state index is 11.9. The number of rotatable bonds is 3. The number of nitrogens with zero attached hydrogens (tertiary/aromatic N) is 1. The zero-order chi connectivity index (χ0) is 9.61. The van der Waals surface area contributed by atoms with Crippen LogP contribution in [0.2, 0.25) is 0 Å². The summed E-state index contributed by atoms with van der Waals surface area (Å²) in [6.45, 7) is 3.27. The SMILES string of the molecule is C=CCOC(=NS(=O)(=O)F)OC. The fraction of sp³-hybridized carbons (Fsp3) is 0.400. The largest absolute Gasteiger partial charge is 0.453 e.